The van der Waals surface area contributed by atoms with Crippen LogP contribution in [0.1, 0.15) is 24.3 Å². The number of thioether (sulfide) groups is 1. The number of anilines is 1. The molecule has 0 saturated carbocycles. The second kappa shape index (κ2) is 8.03. The SMILES string of the molecule is CCOC(=O)c1cnc(SC(C)C(=O)Nc2ccccc2Cl)[nH]1. The van der Waals surface area contributed by atoms with Crippen LogP contribution in [0.4, 0.5) is 5.69 Å². The second-order valence-corrected chi connectivity index (χ2v) is 6.29. The van der Waals surface area contributed by atoms with E-state index < -0.39 is 11.2 Å². The van der Waals surface area contributed by atoms with Crippen LogP contribution in [0.5, 0.6) is 0 Å². The zero-order valence-electron chi connectivity index (χ0n) is 12.6. The molecule has 0 aliphatic heterocycles. The number of nitrogens with zero attached hydrogens (tertiary/aromatic N) is 1. The zero-order valence-corrected chi connectivity index (χ0v) is 14.2. The summed E-state index contributed by atoms with van der Waals surface area (Å²) in [4.78, 5) is 30.6. The van der Waals surface area contributed by atoms with Gasteiger partial charge in [0.1, 0.15) is 5.69 Å². The molecule has 122 valence electrons. The summed E-state index contributed by atoms with van der Waals surface area (Å²) in [6, 6.07) is 7.00. The Balaban J connectivity index is 1.96. The molecule has 2 N–H and O–H groups in total. The highest BCUT2D eigenvalue weighted by atomic mass is 35.5. The number of halogens is 1. The van der Waals surface area contributed by atoms with E-state index in [1.807, 2.05) is 0 Å². The maximum Gasteiger partial charge on any atom is 0.356 e. The van der Waals surface area contributed by atoms with Crippen LogP contribution in [0.25, 0.3) is 0 Å². The Hall–Kier alpha value is -1.99. The number of aromatic nitrogens is 2. The summed E-state index contributed by atoms with van der Waals surface area (Å²) in [6.07, 6.45) is 1.39. The molecule has 0 bridgehead atoms. The largest absolute Gasteiger partial charge is 0.461 e. The van der Waals surface area contributed by atoms with Gasteiger partial charge in [-0.25, -0.2) is 9.78 Å². The van der Waals surface area contributed by atoms with Gasteiger partial charge < -0.3 is 15.0 Å². The highest BCUT2D eigenvalue weighted by molar-refractivity contribution is 8.00. The molecule has 0 saturated heterocycles. The van der Waals surface area contributed by atoms with Crippen LogP contribution in [0, 0.1) is 0 Å². The first-order valence-electron chi connectivity index (χ1n) is 6.95. The average molecular weight is 354 g/mol. The first kappa shape index (κ1) is 17.4. The topological polar surface area (TPSA) is 84.1 Å². The number of ether oxygens (including phenoxy) is 1. The van der Waals surface area contributed by atoms with Crippen molar-refractivity contribution >= 4 is 40.9 Å². The number of hydrogen-bond donors (Lipinski definition) is 2. The van der Waals surface area contributed by atoms with Crippen LogP contribution in [-0.4, -0.2) is 33.7 Å². The highest BCUT2D eigenvalue weighted by Gasteiger charge is 2.18. The van der Waals surface area contributed by atoms with E-state index in [0.29, 0.717) is 15.9 Å². The minimum atomic E-state index is -0.472. The molecule has 1 unspecified atom stereocenters. The fraction of sp³-hybridized carbons (Fsp3) is 0.267. The Morgan fingerprint density at radius 2 is 2.17 bits per heavy atom. The maximum absolute atomic E-state index is 12.2. The molecule has 1 heterocycles. The average Bonchev–Trinajstić information content (AvgIpc) is 2.98. The maximum atomic E-state index is 12.2. The van der Waals surface area contributed by atoms with Crippen molar-refractivity contribution in [1.82, 2.24) is 9.97 Å². The van der Waals surface area contributed by atoms with E-state index in [1.54, 1.807) is 38.1 Å². The Morgan fingerprint density at radius 3 is 2.87 bits per heavy atom. The van der Waals surface area contributed by atoms with Crippen molar-refractivity contribution in [2.75, 3.05) is 11.9 Å². The zero-order chi connectivity index (χ0) is 16.8. The van der Waals surface area contributed by atoms with Gasteiger partial charge in [0, 0.05) is 0 Å². The smallest absolute Gasteiger partial charge is 0.356 e. The number of rotatable bonds is 6. The van der Waals surface area contributed by atoms with Gasteiger partial charge in [0.05, 0.1) is 28.8 Å². The molecule has 8 heteroatoms. The van der Waals surface area contributed by atoms with E-state index in [9.17, 15) is 9.59 Å². The van der Waals surface area contributed by atoms with Gasteiger partial charge in [0.2, 0.25) is 5.91 Å². The van der Waals surface area contributed by atoms with Crippen LogP contribution in [0.3, 0.4) is 0 Å². The summed E-state index contributed by atoms with van der Waals surface area (Å²) in [5.41, 5.74) is 0.811. The lowest BCUT2D eigenvalue weighted by Gasteiger charge is -2.11. The van der Waals surface area contributed by atoms with Gasteiger partial charge >= 0.3 is 5.97 Å². The summed E-state index contributed by atoms with van der Waals surface area (Å²) in [5, 5.41) is 3.27. The van der Waals surface area contributed by atoms with E-state index in [0.717, 1.165) is 0 Å². The van der Waals surface area contributed by atoms with Gasteiger partial charge in [-0.2, -0.15) is 0 Å². The molecule has 2 aromatic rings. The van der Waals surface area contributed by atoms with Gasteiger partial charge in [-0.3, -0.25) is 4.79 Å². The van der Waals surface area contributed by atoms with Crippen LogP contribution < -0.4 is 5.32 Å². The van der Waals surface area contributed by atoms with Crippen molar-refractivity contribution in [3.05, 3.63) is 41.2 Å². The minimum Gasteiger partial charge on any atom is -0.461 e. The molecule has 0 radical (unpaired) electrons. The molecular formula is C15H16ClN3O3S. The summed E-state index contributed by atoms with van der Waals surface area (Å²) in [6.45, 7) is 3.76. The van der Waals surface area contributed by atoms with Crippen molar-refractivity contribution in [1.29, 1.82) is 0 Å². The molecule has 6 nitrogen and oxygen atoms in total. The van der Waals surface area contributed by atoms with Crippen molar-refractivity contribution in [2.24, 2.45) is 0 Å². The Bertz CT molecular complexity index is 705. The summed E-state index contributed by atoms with van der Waals surface area (Å²) in [7, 11) is 0. The number of aromatic amines is 1. The third-order valence-electron chi connectivity index (χ3n) is 2.84. The third kappa shape index (κ3) is 4.74. The van der Waals surface area contributed by atoms with Crippen molar-refractivity contribution in [3.8, 4) is 0 Å². The van der Waals surface area contributed by atoms with Gasteiger partial charge in [-0.05, 0) is 26.0 Å². The van der Waals surface area contributed by atoms with Crippen molar-refractivity contribution in [2.45, 2.75) is 24.3 Å². The molecule has 0 fully saturated rings. The molecular weight excluding hydrogens is 338 g/mol. The van der Waals surface area contributed by atoms with Crippen LogP contribution in [0.2, 0.25) is 5.02 Å². The molecule has 0 spiro atoms. The minimum absolute atomic E-state index is 0.211. The predicted octanol–water partition coefficient (Wildman–Crippen LogP) is 3.36. The monoisotopic (exact) mass is 353 g/mol. The highest BCUT2D eigenvalue weighted by Crippen LogP contribution is 2.24. The molecule has 2 rings (SSSR count). The predicted molar refractivity (Wildman–Crippen MR) is 89.9 cm³/mol. The van der Waals surface area contributed by atoms with E-state index in [2.05, 4.69) is 15.3 Å². The normalized spacial score (nSPS) is 11.8. The molecule has 0 aliphatic rings. The quantitative estimate of drug-likeness (QED) is 0.614. The first-order chi connectivity index (χ1) is 11.0. The molecule has 1 aromatic heterocycles. The molecule has 1 amide bonds. The number of nitrogens with one attached hydrogen (secondary N) is 2. The van der Waals surface area contributed by atoms with Crippen LogP contribution >= 0.6 is 23.4 Å². The lowest BCUT2D eigenvalue weighted by Crippen LogP contribution is -2.22. The summed E-state index contributed by atoms with van der Waals surface area (Å²) >= 11 is 7.21. The van der Waals surface area contributed by atoms with Crippen molar-refractivity contribution in [3.63, 3.8) is 0 Å². The van der Waals surface area contributed by atoms with Crippen LogP contribution in [-0.2, 0) is 9.53 Å². The number of amides is 1. The third-order valence-corrected chi connectivity index (χ3v) is 4.17. The Morgan fingerprint density at radius 1 is 1.43 bits per heavy atom. The number of benzene rings is 1. The molecule has 23 heavy (non-hydrogen) atoms. The molecule has 0 aliphatic carbocycles. The fourth-order valence-corrected chi connectivity index (χ4v) is 2.66. The fourth-order valence-electron chi connectivity index (χ4n) is 1.69. The summed E-state index contributed by atoms with van der Waals surface area (Å²) < 4.78 is 4.87. The van der Waals surface area contributed by atoms with Gasteiger partial charge in [0.15, 0.2) is 5.16 Å². The van der Waals surface area contributed by atoms with Crippen molar-refractivity contribution < 1.29 is 14.3 Å². The Labute approximate surface area is 143 Å². The summed E-state index contributed by atoms with van der Waals surface area (Å²) in [5.74, 6) is -0.683. The van der Waals surface area contributed by atoms with Gasteiger partial charge in [-0.15, -0.1) is 0 Å². The number of carbonyl (C=O) groups is 2. The number of esters is 1. The number of H-pyrrole nitrogens is 1. The van der Waals surface area contributed by atoms with Gasteiger partial charge in [-0.1, -0.05) is 35.5 Å². The van der Waals surface area contributed by atoms with E-state index >= 15 is 0 Å². The van der Waals surface area contributed by atoms with Gasteiger partial charge in [0.25, 0.3) is 0 Å². The van der Waals surface area contributed by atoms with Crippen LogP contribution in [0.15, 0.2) is 35.6 Å². The standard InChI is InChI=1S/C15H16ClN3O3S/c1-3-22-14(21)12-8-17-15(19-12)23-9(2)13(20)18-11-7-5-4-6-10(11)16/h4-9H,3H2,1-2H3,(H,17,19)(H,18,20). The number of para-hydroxylation sites is 1. The second-order valence-electron chi connectivity index (χ2n) is 4.55. The van der Waals surface area contributed by atoms with E-state index in [-0.39, 0.29) is 18.2 Å². The van der Waals surface area contributed by atoms with E-state index in [1.165, 1.54) is 18.0 Å². The van der Waals surface area contributed by atoms with E-state index in [4.69, 9.17) is 16.3 Å². The lowest BCUT2D eigenvalue weighted by molar-refractivity contribution is -0.115. The molecule has 1 atom stereocenters. The number of carbonyl (C=O) groups excluding carboxylic acids is 2. The number of hydrogen-bond acceptors (Lipinski definition) is 5. The Kier molecular flexibility index (Phi) is 6.06. The lowest BCUT2D eigenvalue weighted by atomic mass is 10.3. The first-order valence-corrected chi connectivity index (χ1v) is 8.21. The number of imidazole rings is 1. The molecule has 1 aromatic carbocycles.